The van der Waals surface area contributed by atoms with Crippen molar-refractivity contribution < 1.29 is 14.7 Å². The van der Waals surface area contributed by atoms with E-state index >= 15 is 0 Å². The van der Waals surface area contributed by atoms with Gasteiger partial charge in [0.2, 0.25) is 0 Å². The van der Waals surface area contributed by atoms with Gasteiger partial charge < -0.3 is 10.4 Å². The first-order valence-corrected chi connectivity index (χ1v) is 7.34. The van der Waals surface area contributed by atoms with Crippen LogP contribution < -0.4 is 5.32 Å². The molecule has 2 N–H and O–H groups in total. The molecule has 1 aromatic carbocycles. The second kappa shape index (κ2) is 5.90. The van der Waals surface area contributed by atoms with E-state index < -0.39 is 5.97 Å². The maximum Gasteiger partial charge on any atom is 0.356 e. The van der Waals surface area contributed by atoms with Crippen molar-refractivity contribution in [2.45, 2.75) is 6.92 Å². The Morgan fingerprint density at radius 3 is 2.65 bits per heavy atom. The fourth-order valence-electron chi connectivity index (χ4n) is 1.46. The van der Waals surface area contributed by atoms with Gasteiger partial charge in [-0.15, -0.1) is 0 Å². The molecule has 1 aromatic heterocycles. The van der Waals surface area contributed by atoms with Crippen molar-refractivity contribution >= 4 is 61.4 Å². The molecule has 1 heterocycles. The quantitative estimate of drug-likeness (QED) is 0.783. The van der Waals surface area contributed by atoms with E-state index in [4.69, 9.17) is 16.7 Å². The molecule has 0 spiro atoms. The largest absolute Gasteiger partial charge is 0.476 e. The zero-order valence-corrected chi connectivity index (χ0v) is 13.3. The van der Waals surface area contributed by atoms with Gasteiger partial charge in [0.1, 0.15) is 4.88 Å². The fourth-order valence-corrected chi connectivity index (χ4v) is 3.11. The maximum atomic E-state index is 11.4. The summed E-state index contributed by atoms with van der Waals surface area (Å²) in [6.45, 7) is 1.31. The molecule has 0 fully saturated rings. The van der Waals surface area contributed by atoms with Crippen LogP contribution in [0.2, 0.25) is 5.02 Å². The number of thiazole rings is 1. The number of hydrogen-bond acceptors (Lipinski definition) is 5. The van der Waals surface area contributed by atoms with Gasteiger partial charge in [0.05, 0.1) is 5.69 Å². The number of aromatic nitrogens is 1. The van der Waals surface area contributed by atoms with Gasteiger partial charge in [-0.1, -0.05) is 22.9 Å². The molecule has 0 radical (unpaired) electrons. The average Bonchev–Trinajstić information content (AvgIpc) is 2.77. The van der Waals surface area contributed by atoms with Crippen molar-refractivity contribution in [2.24, 2.45) is 0 Å². The Bertz CT molecular complexity index is 671. The van der Waals surface area contributed by atoms with E-state index in [0.29, 0.717) is 20.3 Å². The number of carbonyl (C=O) groups excluding carboxylic acids is 1. The molecule has 0 aliphatic carbocycles. The van der Waals surface area contributed by atoms with Crippen LogP contribution in [0.25, 0.3) is 0 Å². The van der Waals surface area contributed by atoms with Crippen molar-refractivity contribution in [3.63, 3.8) is 0 Å². The predicted octanol–water partition coefficient (Wildman–Crippen LogP) is 4.20. The molecule has 0 atom stereocenters. The molecule has 20 heavy (non-hydrogen) atoms. The summed E-state index contributed by atoms with van der Waals surface area (Å²) >= 11 is 10.2. The monoisotopic (exact) mass is 374 g/mol. The van der Waals surface area contributed by atoms with Crippen LogP contribution in [-0.4, -0.2) is 21.8 Å². The third-order valence-corrected chi connectivity index (χ3v) is 4.29. The standard InChI is InChI=1S/C12H8BrClN2O3S/c1-5(17)10-9(11(18)19)16-12(20-10)15-8-3-2-6(14)4-7(8)13/h2-4H,1H3,(H,15,16)(H,18,19). The molecule has 2 aromatic rings. The van der Waals surface area contributed by atoms with E-state index in [9.17, 15) is 9.59 Å². The number of Topliss-reactive ketones (excluding diaryl/α,β-unsaturated/α-hetero) is 1. The van der Waals surface area contributed by atoms with Crippen LogP contribution in [0.1, 0.15) is 27.1 Å². The van der Waals surface area contributed by atoms with Gasteiger partial charge >= 0.3 is 5.97 Å². The maximum absolute atomic E-state index is 11.4. The number of carboxylic acids is 1. The Morgan fingerprint density at radius 1 is 1.45 bits per heavy atom. The highest BCUT2D eigenvalue weighted by atomic mass is 79.9. The summed E-state index contributed by atoms with van der Waals surface area (Å²) in [7, 11) is 0. The SMILES string of the molecule is CC(=O)c1sc(Nc2ccc(Cl)cc2Br)nc1C(=O)O. The molecule has 2 rings (SSSR count). The highest BCUT2D eigenvalue weighted by Gasteiger charge is 2.20. The number of halogens is 2. The Morgan fingerprint density at radius 2 is 2.15 bits per heavy atom. The molecule has 5 nitrogen and oxygen atoms in total. The van der Waals surface area contributed by atoms with Crippen LogP contribution >= 0.6 is 38.9 Å². The number of nitrogens with one attached hydrogen (secondary N) is 1. The van der Waals surface area contributed by atoms with Crippen molar-refractivity contribution in [3.05, 3.63) is 38.3 Å². The molecule has 0 aliphatic heterocycles. The van der Waals surface area contributed by atoms with Crippen molar-refractivity contribution in [3.8, 4) is 0 Å². The van der Waals surface area contributed by atoms with Crippen LogP contribution in [0, 0.1) is 0 Å². The minimum absolute atomic E-state index is 0.116. The lowest BCUT2D eigenvalue weighted by Gasteiger charge is -2.05. The van der Waals surface area contributed by atoms with Crippen molar-refractivity contribution in [1.82, 2.24) is 4.98 Å². The first-order chi connectivity index (χ1) is 9.38. The minimum atomic E-state index is -1.23. The number of ketones is 1. The molecule has 8 heteroatoms. The summed E-state index contributed by atoms with van der Waals surface area (Å²) in [6.07, 6.45) is 0. The van der Waals surface area contributed by atoms with Gasteiger partial charge in [0.15, 0.2) is 16.6 Å². The second-order valence-electron chi connectivity index (χ2n) is 3.81. The number of rotatable bonds is 4. The highest BCUT2D eigenvalue weighted by Crippen LogP contribution is 2.31. The minimum Gasteiger partial charge on any atom is -0.476 e. The summed E-state index contributed by atoms with van der Waals surface area (Å²) in [5.41, 5.74) is 0.435. The van der Waals surface area contributed by atoms with Gasteiger partial charge in [-0.3, -0.25) is 4.79 Å². The first kappa shape index (κ1) is 15.0. The molecular formula is C12H8BrClN2O3S. The molecule has 0 bridgehead atoms. The summed E-state index contributed by atoms with van der Waals surface area (Å²) in [5.74, 6) is -1.56. The molecule has 0 saturated carbocycles. The predicted molar refractivity (Wildman–Crippen MR) is 81.5 cm³/mol. The number of benzene rings is 1. The van der Waals surface area contributed by atoms with Gasteiger partial charge in [0, 0.05) is 16.4 Å². The lowest BCUT2D eigenvalue weighted by molar-refractivity contribution is 0.0687. The number of carbonyl (C=O) groups is 2. The molecule has 0 unspecified atom stereocenters. The number of anilines is 2. The summed E-state index contributed by atoms with van der Waals surface area (Å²) in [5, 5.41) is 12.9. The number of nitrogens with zero attached hydrogens (tertiary/aromatic N) is 1. The smallest absolute Gasteiger partial charge is 0.356 e. The van der Waals surface area contributed by atoms with E-state index in [1.54, 1.807) is 18.2 Å². The molecule has 0 amide bonds. The van der Waals surface area contributed by atoms with E-state index in [2.05, 4.69) is 26.2 Å². The van der Waals surface area contributed by atoms with Crippen LogP contribution in [0.15, 0.2) is 22.7 Å². The fraction of sp³-hybridized carbons (Fsp3) is 0.0833. The normalized spacial score (nSPS) is 10.3. The van der Waals surface area contributed by atoms with Crippen LogP contribution in [0.4, 0.5) is 10.8 Å². The zero-order valence-electron chi connectivity index (χ0n) is 10.1. The Kier molecular flexibility index (Phi) is 4.42. The van der Waals surface area contributed by atoms with Crippen molar-refractivity contribution in [1.29, 1.82) is 0 Å². The van der Waals surface area contributed by atoms with Gasteiger partial charge in [0.25, 0.3) is 0 Å². The molecular weight excluding hydrogens is 368 g/mol. The summed E-state index contributed by atoms with van der Waals surface area (Å²) in [4.78, 5) is 26.5. The van der Waals surface area contributed by atoms with E-state index in [1.807, 2.05) is 0 Å². The van der Waals surface area contributed by atoms with Crippen LogP contribution in [0.5, 0.6) is 0 Å². The molecule has 104 valence electrons. The Labute approximate surface area is 131 Å². The summed E-state index contributed by atoms with van der Waals surface area (Å²) < 4.78 is 0.710. The van der Waals surface area contributed by atoms with Crippen molar-refractivity contribution in [2.75, 3.05) is 5.32 Å². The number of aromatic carboxylic acids is 1. The average molecular weight is 376 g/mol. The third-order valence-electron chi connectivity index (χ3n) is 2.32. The Balaban J connectivity index is 2.37. The molecule has 0 saturated heterocycles. The zero-order chi connectivity index (χ0) is 14.9. The van der Waals surface area contributed by atoms with Gasteiger partial charge in [-0.25, -0.2) is 9.78 Å². The molecule has 0 aliphatic rings. The van der Waals surface area contributed by atoms with E-state index in [-0.39, 0.29) is 16.4 Å². The number of hydrogen-bond donors (Lipinski definition) is 2. The van der Waals surface area contributed by atoms with Crippen LogP contribution in [-0.2, 0) is 0 Å². The van der Waals surface area contributed by atoms with Gasteiger partial charge in [-0.2, -0.15) is 0 Å². The van der Waals surface area contributed by atoms with Gasteiger partial charge in [-0.05, 0) is 34.1 Å². The third kappa shape index (κ3) is 3.17. The lowest BCUT2D eigenvalue weighted by Crippen LogP contribution is -2.03. The lowest BCUT2D eigenvalue weighted by atomic mass is 10.3. The topological polar surface area (TPSA) is 79.3 Å². The summed E-state index contributed by atoms with van der Waals surface area (Å²) in [6, 6.07) is 5.11. The Hall–Kier alpha value is -1.44. The first-order valence-electron chi connectivity index (χ1n) is 5.35. The van der Waals surface area contributed by atoms with E-state index in [0.717, 1.165) is 11.3 Å². The number of carboxylic acid groups (broad SMARTS) is 1. The van der Waals surface area contributed by atoms with Crippen LogP contribution in [0.3, 0.4) is 0 Å². The van der Waals surface area contributed by atoms with E-state index in [1.165, 1.54) is 6.92 Å². The second-order valence-corrected chi connectivity index (χ2v) is 6.10. The highest BCUT2D eigenvalue weighted by molar-refractivity contribution is 9.10.